The van der Waals surface area contributed by atoms with Gasteiger partial charge in [0.2, 0.25) is 0 Å². The number of aryl methyl sites for hydroxylation is 2. The predicted octanol–water partition coefficient (Wildman–Crippen LogP) is 3.16. The van der Waals surface area contributed by atoms with Gasteiger partial charge >= 0.3 is 0 Å². The van der Waals surface area contributed by atoms with Gasteiger partial charge in [-0.3, -0.25) is 4.68 Å². The molecule has 2 aromatic rings. The largest absolute Gasteiger partial charge is 0.496 e. The zero-order chi connectivity index (χ0) is 15.6. The van der Waals surface area contributed by atoms with Crippen LogP contribution in [-0.4, -0.2) is 23.4 Å². The molecule has 2 N–H and O–H groups in total. The van der Waals surface area contributed by atoms with Gasteiger partial charge < -0.3 is 10.5 Å². The fourth-order valence-corrected chi connectivity index (χ4v) is 2.81. The van der Waals surface area contributed by atoms with Crippen molar-refractivity contribution < 1.29 is 4.74 Å². The first-order chi connectivity index (χ1) is 9.99. The van der Waals surface area contributed by atoms with Crippen LogP contribution in [0.2, 0.25) is 0 Å². The molecule has 1 heterocycles. The number of ether oxygens (including phenoxy) is 1. The topological polar surface area (TPSA) is 53.1 Å². The maximum atomic E-state index is 5.69. The molecule has 0 amide bonds. The summed E-state index contributed by atoms with van der Waals surface area (Å²) in [6.45, 7) is 7.04. The van der Waals surface area contributed by atoms with Crippen molar-refractivity contribution in [3.63, 3.8) is 0 Å². The van der Waals surface area contributed by atoms with E-state index in [2.05, 4.69) is 31.1 Å². The monoisotopic (exact) mass is 287 g/mol. The Morgan fingerprint density at radius 3 is 2.57 bits per heavy atom. The Kier molecular flexibility index (Phi) is 4.68. The lowest BCUT2D eigenvalue weighted by Gasteiger charge is -2.15. The van der Waals surface area contributed by atoms with Crippen LogP contribution in [0.3, 0.4) is 0 Å². The van der Waals surface area contributed by atoms with Gasteiger partial charge in [0.15, 0.2) is 0 Å². The average Bonchev–Trinajstić information content (AvgIpc) is 2.71. The highest BCUT2D eigenvalue weighted by atomic mass is 16.5. The van der Waals surface area contributed by atoms with Crippen LogP contribution in [-0.2, 0) is 7.05 Å². The fraction of sp³-hybridized carbons (Fsp3) is 0.471. The van der Waals surface area contributed by atoms with E-state index in [4.69, 9.17) is 10.5 Å². The molecule has 1 unspecified atom stereocenters. The van der Waals surface area contributed by atoms with Crippen LogP contribution in [0.5, 0.6) is 5.75 Å². The lowest BCUT2D eigenvalue weighted by Crippen LogP contribution is -2.05. The number of rotatable bonds is 5. The van der Waals surface area contributed by atoms with Gasteiger partial charge in [0, 0.05) is 23.9 Å². The highest BCUT2D eigenvalue weighted by molar-refractivity contribution is 5.75. The van der Waals surface area contributed by atoms with Gasteiger partial charge in [-0.25, -0.2) is 0 Å². The van der Waals surface area contributed by atoms with Crippen LogP contribution in [0.1, 0.15) is 36.2 Å². The Labute approximate surface area is 126 Å². The molecule has 0 aliphatic rings. The molecule has 0 spiro atoms. The third-order valence-corrected chi connectivity index (χ3v) is 4.17. The van der Waals surface area contributed by atoms with Crippen molar-refractivity contribution in [2.24, 2.45) is 12.8 Å². The van der Waals surface area contributed by atoms with Gasteiger partial charge in [-0.05, 0) is 50.4 Å². The van der Waals surface area contributed by atoms with E-state index in [1.165, 1.54) is 5.56 Å². The van der Waals surface area contributed by atoms with Gasteiger partial charge in [-0.1, -0.05) is 13.0 Å². The summed E-state index contributed by atoms with van der Waals surface area (Å²) in [7, 11) is 3.68. The zero-order valence-corrected chi connectivity index (χ0v) is 13.6. The highest BCUT2D eigenvalue weighted by Gasteiger charge is 2.17. The molecule has 2 rings (SSSR count). The molecule has 1 atom stereocenters. The second-order valence-electron chi connectivity index (χ2n) is 5.61. The Morgan fingerprint density at radius 1 is 1.33 bits per heavy atom. The molecule has 0 saturated heterocycles. The Balaban J connectivity index is 2.57. The minimum absolute atomic E-state index is 0.442. The standard InChI is InChI=1S/C17H25N3O/c1-11(8-9-18)14-6-7-16(21-5)15(10-14)17-12(2)19-20(4)13(17)3/h6-7,10-11H,8-9,18H2,1-5H3. The Morgan fingerprint density at radius 2 is 2.05 bits per heavy atom. The highest BCUT2D eigenvalue weighted by Crippen LogP contribution is 2.36. The molecule has 4 nitrogen and oxygen atoms in total. The van der Waals surface area contributed by atoms with Crippen molar-refractivity contribution in [3.8, 4) is 16.9 Å². The molecule has 1 aromatic heterocycles. The lowest BCUT2D eigenvalue weighted by molar-refractivity contribution is 0.416. The molecule has 0 aliphatic carbocycles. The Hall–Kier alpha value is -1.81. The summed E-state index contributed by atoms with van der Waals surface area (Å²) >= 11 is 0. The third kappa shape index (κ3) is 2.95. The van der Waals surface area contributed by atoms with Crippen LogP contribution >= 0.6 is 0 Å². The van der Waals surface area contributed by atoms with E-state index in [1.807, 2.05) is 24.7 Å². The molecule has 0 radical (unpaired) electrons. The molecule has 1 aromatic carbocycles. The quantitative estimate of drug-likeness (QED) is 0.919. The number of hydrogen-bond acceptors (Lipinski definition) is 3. The number of hydrogen-bond donors (Lipinski definition) is 1. The van der Waals surface area contributed by atoms with E-state index >= 15 is 0 Å². The van der Waals surface area contributed by atoms with E-state index in [9.17, 15) is 0 Å². The van der Waals surface area contributed by atoms with E-state index in [1.54, 1.807) is 7.11 Å². The number of methoxy groups -OCH3 is 1. The van der Waals surface area contributed by atoms with Crippen LogP contribution in [0.25, 0.3) is 11.1 Å². The minimum Gasteiger partial charge on any atom is -0.496 e. The Bertz CT molecular complexity index is 631. The second kappa shape index (κ2) is 6.31. The maximum absolute atomic E-state index is 5.69. The number of nitrogens with zero attached hydrogens (tertiary/aromatic N) is 2. The summed E-state index contributed by atoms with van der Waals surface area (Å²) in [6, 6.07) is 6.39. The molecule has 0 bridgehead atoms. The van der Waals surface area contributed by atoms with Crippen molar-refractivity contribution in [2.75, 3.05) is 13.7 Å². The van der Waals surface area contributed by atoms with Crippen LogP contribution in [0.4, 0.5) is 0 Å². The van der Waals surface area contributed by atoms with Crippen molar-refractivity contribution in [1.29, 1.82) is 0 Å². The number of aromatic nitrogens is 2. The summed E-state index contributed by atoms with van der Waals surface area (Å²) in [5.41, 5.74) is 11.4. The van der Waals surface area contributed by atoms with Crippen molar-refractivity contribution in [3.05, 3.63) is 35.2 Å². The van der Waals surface area contributed by atoms with Gasteiger partial charge in [-0.15, -0.1) is 0 Å². The normalized spacial score (nSPS) is 12.5. The lowest BCUT2D eigenvalue weighted by atomic mass is 9.93. The van der Waals surface area contributed by atoms with Gasteiger partial charge in [0.1, 0.15) is 5.75 Å². The minimum atomic E-state index is 0.442. The summed E-state index contributed by atoms with van der Waals surface area (Å²) in [6.07, 6.45) is 0.983. The first-order valence-electron chi connectivity index (χ1n) is 7.38. The summed E-state index contributed by atoms with van der Waals surface area (Å²) in [5.74, 6) is 1.33. The smallest absolute Gasteiger partial charge is 0.126 e. The molecule has 114 valence electrons. The van der Waals surface area contributed by atoms with Crippen LogP contribution in [0, 0.1) is 13.8 Å². The SMILES string of the molecule is COc1ccc(C(C)CCN)cc1-c1c(C)nn(C)c1C. The third-order valence-electron chi connectivity index (χ3n) is 4.17. The van der Waals surface area contributed by atoms with Crippen LogP contribution in [0.15, 0.2) is 18.2 Å². The molecule has 0 saturated carbocycles. The maximum Gasteiger partial charge on any atom is 0.126 e. The van der Waals surface area contributed by atoms with Gasteiger partial charge in [0.25, 0.3) is 0 Å². The van der Waals surface area contributed by atoms with Crippen molar-refractivity contribution >= 4 is 0 Å². The zero-order valence-electron chi connectivity index (χ0n) is 13.6. The summed E-state index contributed by atoms with van der Waals surface area (Å²) < 4.78 is 7.47. The van der Waals surface area contributed by atoms with Gasteiger partial charge in [-0.2, -0.15) is 5.10 Å². The molecule has 0 aliphatic heterocycles. The van der Waals surface area contributed by atoms with E-state index in [0.29, 0.717) is 12.5 Å². The number of benzene rings is 1. The van der Waals surface area contributed by atoms with E-state index in [-0.39, 0.29) is 0 Å². The first kappa shape index (κ1) is 15.6. The molecular weight excluding hydrogens is 262 g/mol. The summed E-state index contributed by atoms with van der Waals surface area (Å²) in [5, 5.41) is 4.51. The van der Waals surface area contributed by atoms with Crippen molar-refractivity contribution in [2.45, 2.75) is 33.1 Å². The fourth-order valence-electron chi connectivity index (χ4n) is 2.81. The number of nitrogens with two attached hydrogens (primary N) is 1. The average molecular weight is 287 g/mol. The van der Waals surface area contributed by atoms with Crippen molar-refractivity contribution in [1.82, 2.24) is 9.78 Å². The molecule has 0 fully saturated rings. The van der Waals surface area contributed by atoms with E-state index < -0.39 is 0 Å². The molecular formula is C17H25N3O. The first-order valence-corrected chi connectivity index (χ1v) is 7.38. The summed E-state index contributed by atoms with van der Waals surface area (Å²) in [4.78, 5) is 0. The van der Waals surface area contributed by atoms with Gasteiger partial charge in [0.05, 0.1) is 12.8 Å². The van der Waals surface area contributed by atoms with E-state index in [0.717, 1.165) is 34.7 Å². The molecule has 21 heavy (non-hydrogen) atoms. The second-order valence-corrected chi connectivity index (χ2v) is 5.61. The molecule has 4 heteroatoms. The predicted molar refractivity (Wildman–Crippen MR) is 86.8 cm³/mol. The van der Waals surface area contributed by atoms with Crippen LogP contribution < -0.4 is 10.5 Å².